The maximum Gasteiger partial charge on any atom is 0.261 e. The van der Waals surface area contributed by atoms with Gasteiger partial charge in [-0.25, -0.2) is 8.42 Å². The third kappa shape index (κ3) is 6.03. The molecule has 0 bridgehead atoms. The van der Waals surface area contributed by atoms with Crippen molar-refractivity contribution in [3.8, 4) is 0 Å². The monoisotopic (exact) mass is 419 g/mol. The molecule has 3 N–H and O–H groups in total. The van der Waals surface area contributed by atoms with Crippen molar-refractivity contribution in [2.75, 3.05) is 10.0 Å². The number of sulfonamides is 1. The minimum atomic E-state index is -3.72. The van der Waals surface area contributed by atoms with E-state index in [9.17, 15) is 13.2 Å². The summed E-state index contributed by atoms with van der Waals surface area (Å²) in [5, 5.41) is 5.65. The SMILES string of the molecule is Cc1cccc(C)c1NS(=O)(=O)c1ccc(NC(=S)NC(=O)CC(C)C)cc1. The summed E-state index contributed by atoms with van der Waals surface area (Å²) in [6.07, 6.45) is 0.378. The topological polar surface area (TPSA) is 87.3 Å². The zero-order valence-corrected chi connectivity index (χ0v) is 18.0. The Morgan fingerprint density at radius 1 is 1.04 bits per heavy atom. The van der Waals surface area contributed by atoms with Gasteiger partial charge in [0.15, 0.2) is 5.11 Å². The Bertz CT molecular complexity index is 948. The van der Waals surface area contributed by atoms with Crippen LogP contribution in [0, 0.1) is 19.8 Å². The smallest absolute Gasteiger partial charge is 0.261 e. The lowest BCUT2D eigenvalue weighted by Gasteiger charge is -2.14. The molecule has 0 heterocycles. The van der Waals surface area contributed by atoms with Gasteiger partial charge in [-0.3, -0.25) is 9.52 Å². The van der Waals surface area contributed by atoms with Gasteiger partial charge in [0.2, 0.25) is 5.91 Å². The Balaban J connectivity index is 2.07. The fourth-order valence-corrected chi connectivity index (χ4v) is 4.03. The van der Waals surface area contributed by atoms with E-state index in [2.05, 4.69) is 15.4 Å². The number of thiocarbonyl (C=S) groups is 1. The van der Waals surface area contributed by atoms with E-state index in [1.807, 2.05) is 45.9 Å². The lowest BCUT2D eigenvalue weighted by atomic mass is 10.1. The maximum absolute atomic E-state index is 12.7. The van der Waals surface area contributed by atoms with Crippen LogP contribution in [0.2, 0.25) is 0 Å². The fourth-order valence-electron chi connectivity index (χ4n) is 2.60. The van der Waals surface area contributed by atoms with Gasteiger partial charge < -0.3 is 10.6 Å². The summed E-state index contributed by atoms with van der Waals surface area (Å²) in [5.41, 5.74) is 2.87. The molecule has 6 nitrogen and oxygen atoms in total. The third-order valence-corrected chi connectivity index (χ3v) is 5.56. The molecule has 0 aliphatic rings. The number of benzene rings is 2. The van der Waals surface area contributed by atoms with Crippen LogP contribution >= 0.6 is 12.2 Å². The number of para-hydroxylation sites is 1. The number of carbonyl (C=O) groups excluding carboxylic acids is 1. The van der Waals surface area contributed by atoms with Crippen LogP contribution in [0.15, 0.2) is 47.4 Å². The normalized spacial score (nSPS) is 11.2. The van der Waals surface area contributed by atoms with Crippen molar-refractivity contribution in [3.05, 3.63) is 53.6 Å². The molecule has 0 aliphatic carbocycles. The number of carbonyl (C=O) groups is 1. The second-order valence-electron chi connectivity index (χ2n) is 7.00. The summed E-state index contributed by atoms with van der Waals surface area (Å²) in [6, 6.07) is 11.7. The van der Waals surface area contributed by atoms with Crippen LogP contribution < -0.4 is 15.4 Å². The quantitative estimate of drug-likeness (QED) is 0.617. The molecule has 28 heavy (non-hydrogen) atoms. The van der Waals surface area contributed by atoms with E-state index in [1.54, 1.807) is 12.1 Å². The highest BCUT2D eigenvalue weighted by molar-refractivity contribution is 7.92. The number of aryl methyl sites for hydroxylation is 2. The molecular weight excluding hydrogens is 394 g/mol. The van der Waals surface area contributed by atoms with Crippen LogP contribution in [0.5, 0.6) is 0 Å². The molecule has 2 aromatic rings. The minimum Gasteiger partial charge on any atom is -0.332 e. The van der Waals surface area contributed by atoms with Gasteiger partial charge in [0, 0.05) is 12.1 Å². The first-order chi connectivity index (χ1) is 13.1. The van der Waals surface area contributed by atoms with Crippen molar-refractivity contribution in [2.24, 2.45) is 5.92 Å². The van der Waals surface area contributed by atoms with Crippen molar-refractivity contribution in [2.45, 2.75) is 39.0 Å². The Labute approximate surface area is 171 Å². The van der Waals surface area contributed by atoms with Crippen molar-refractivity contribution in [3.63, 3.8) is 0 Å². The van der Waals surface area contributed by atoms with E-state index in [-0.39, 0.29) is 21.8 Å². The van der Waals surface area contributed by atoms with E-state index in [4.69, 9.17) is 12.2 Å². The lowest BCUT2D eigenvalue weighted by molar-refractivity contribution is -0.120. The molecule has 2 rings (SSSR count). The van der Waals surface area contributed by atoms with Gasteiger partial charge in [0.05, 0.1) is 10.6 Å². The summed E-state index contributed by atoms with van der Waals surface area (Å²) in [6.45, 7) is 7.60. The highest BCUT2D eigenvalue weighted by atomic mass is 32.2. The molecule has 1 amide bonds. The van der Waals surface area contributed by atoms with E-state index in [0.29, 0.717) is 17.8 Å². The van der Waals surface area contributed by atoms with Crippen molar-refractivity contribution >= 4 is 44.6 Å². The second kappa shape index (κ2) is 9.16. The number of amides is 1. The highest BCUT2D eigenvalue weighted by Crippen LogP contribution is 2.24. The molecule has 8 heteroatoms. The predicted molar refractivity (Wildman–Crippen MR) is 117 cm³/mol. The minimum absolute atomic E-state index is 0.135. The molecule has 0 saturated heterocycles. The van der Waals surface area contributed by atoms with E-state index in [1.165, 1.54) is 12.1 Å². The predicted octanol–water partition coefficient (Wildman–Crippen LogP) is 3.96. The van der Waals surface area contributed by atoms with Gasteiger partial charge in [0.25, 0.3) is 10.0 Å². The third-order valence-electron chi connectivity index (χ3n) is 3.99. The highest BCUT2D eigenvalue weighted by Gasteiger charge is 2.16. The van der Waals surface area contributed by atoms with Gasteiger partial charge in [-0.1, -0.05) is 32.0 Å². The van der Waals surface area contributed by atoms with Crippen molar-refractivity contribution in [1.82, 2.24) is 5.32 Å². The fraction of sp³-hybridized carbons (Fsp3) is 0.300. The molecule has 2 aromatic carbocycles. The summed E-state index contributed by atoms with van der Waals surface area (Å²) < 4.78 is 28.0. The number of anilines is 2. The zero-order valence-electron chi connectivity index (χ0n) is 16.4. The summed E-state index contributed by atoms with van der Waals surface area (Å²) in [5.74, 6) is 0.0705. The number of rotatable bonds is 6. The largest absolute Gasteiger partial charge is 0.332 e. The first kappa shape index (κ1) is 21.8. The Morgan fingerprint density at radius 2 is 1.61 bits per heavy atom. The van der Waals surface area contributed by atoms with E-state index < -0.39 is 10.0 Å². The molecule has 0 aliphatic heterocycles. The van der Waals surface area contributed by atoms with Gasteiger partial charge >= 0.3 is 0 Å². The summed E-state index contributed by atoms with van der Waals surface area (Å²) in [4.78, 5) is 11.9. The van der Waals surface area contributed by atoms with E-state index in [0.717, 1.165) is 11.1 Å². The molecule has 0 saturated carbocycles. The average Bonchev–Trinajstić information content (AvgIpc) is 2.58. The Hall–Kier alpha value is -2.45. The maximum atomic E-state index is 12.7. The Morgan fingerprint density at radius 3 is 2.14 bits per heavy atom. The molecule has 0 spiro atoms. The zero-order chi connectivity index (χ0) is 20.9. The first-order valence-corrected chi connectivity index (χ1v) is 10.8. The van der Waals surface area contributed by atoms with Gasteiger partial charge in [0.1, 0.15) is 0 Å². The molecule has 0 atom stereocenters. The second-order valence-corrected chi connectivity index (χ2v) is 9.09. The van der Waals surface area contributed by atoms with Crippen LogP contribution in [0.1, 0.15) is 31.4 Å². The van der Waals surface area contributed by atoms with Crippen molar-refractivity contribution in [1.29, 1.82) is 0 Å². The van der Waals surface area contributed by atoms with Crippen LogP contribution in [0.25, 0.3) is 0 Å². The Kier molecular flexibility index (Phi) is 7.15. The van der Waals surface area contributed by atoms with E-state index >= 15 is 0 Å². The molecule has 0 aromatic heterocycles. The number of hydrogen-bond acceptors (Lipinski definition) is 4. The summed E-state index contributed by atoms with van der Waals surface area (Å²) >= 11 is 5.11. The van der Waals surface area contributed by atoms with Gasteiger partial charge in [-0.05, 0) is 67.4 Å². The molecular formula is C20H25N3O3S2. The average molecular weight is 420 g/mol. The van der Waals surface area contributed by atoms with Gasteiger partial charge in [-0.15, -0.1) is 0 Å². The molecule has 150 valence electrons. The molecule has 0 radical (unpaired) electrons. The number of hydrogen-bond donors (Lipinski definition) is 3. The number of nitrogens with one attached hydrogen (secondary N) is 3. The molecule has 0 unspecified atom stereocenters. The van der Waals surface area contributed by atoms with Crippen LogP contribution in [-0.4, -0.2) is 19.4 Å². The lowest BCUT2D eigenvalue weighted by Crippen LogP contribution is -2.34. The molecule has 0 fully saturated rings. The van der Waals surface area contributed by atoms with Crippen LogP contribution in [0.3, 0.4) is 0 Å². The van der Waals surface area contributed by atoms with Gasteiger partial charge in [-0.2, -0.15) is 0 Å². The standard InChI is InChI=1S/C20H25N3O3S2/c1-13(2)12-18(24)22-20(27)21-16-8-10-17(11-9-16)28(25,26)23-19-14(3)6-5-7-15(19)4/h5-11,13,23H,12H2,1-4H3,(H2,21,22,24,27). The summed E-state index contributed by atoms with van der Waals surface area (Å²) in [7, 11) is -3.72. The van der Waals surface area contributed by atoms with Crippen LogP contribution in [0.4, 0.5) is 11.4 Å². The van der Waals surface area contributed by atoms with Crippen LogP contribution in [-0.2, 0) is 14.8 Å². The van der Waals surface area contributed by atoms with Crippen molar-refractivity contribution < 1.29 is 13.2 Å². The first-order valence-electron chi connectivity index (χ1n) is 8.88.